The van der Waals surface area contributed by atoms with Crippen molar-refractivity contribution in [2.45, 2.75) is 38.6 Å². The molecule has 0 radical (unpaired) electrons. The largest absolute Gasteiger partial charge is 0.481 e. The zero-order valence-electron chi connectivity index (χ0n) is 13.5. The van der Waals surface area contributed by atoms with E-state index < -0.39 is 11.4 Å². The number of fused-ring (bicyclic) bond motifs is 1. The Kier molecular flexibility index (Phi) is 4.28. The quantitative estimate of drug-likeness (QED) is 0.897. The van der Waals surface area contributed by atoms with Gasteiger partial charge in [0.1, 0.15) is 0 Å². The maximum absolute atomic E-state index is 12.6. The van der Waals surface area contributed by atoms with Crippen LogP contribution in [0.1, 0.15) is 44.2 Å². The molecular weight excluding hydrogens is 292 g/mol. The number of hydrogen-bond donors (Lipinski definition) is 2. The fourth-order valence-corrected chi connectivity index (χ4v) is 4.14. The van der Waals surface area contributed by atoms with E-state index in [2.05, 4.69) is 5.32 Å². The van der Waals surface area contributed by atoms with Crippen molar-refractivity contribution in [1.82, 2.24) is 10.2 Å². The van der Waals surface area contributed by atoms with E-state index in [1.807, 2.05) is 37.3 Å². The molecule has 3 rings (SSSR count). The molecule has 0 spiro atoms. The van der Waals surface area contributed by atoms with E-state index in [1.165, 1.54) is 0 Å². The predicted octanol–water partition coefficient (Wildman–Crippen LogP) is 3.03. The minimum atomic E-state index is -0.745. The van der Waals surface area contributed by atoms with E-state index in [0.717, 1.165) is 24.8 Å². The number of rotatable bonds is 4. The second-order valence-corrected chi connectivity index (χ2v) is 6.75. The van der Waals surface area contributed by atoms with Gasteiger partial charge in [0.25, 0.3) is 0 Å². The summed E-state index contributed by atoms with van der Waals surface area (Å²) in [4.78, 5) is 26.0. The number of carbonyl (C=O) groups excluding carboxylic acids is 1. The molecule has 5 heteroatoms. The third-order valence-corrected chi connectivity index (χ3v) is 5.49. The van der Waals surface area contributed by atoms with Crippen LogP contribution in [0, 0.1) is 11.3 Å². The van der Waals surface area contributed by atoms with E-state index in [0.29, 0.717) is 19.5 Å². The second-order valence-electron chi connectivity index (χ2n) is 6.75. The van der Waals surface area contributed by atoms with Crippen LogP contribution in [0.2, 0.25) is 0 Å². The van der Waals surface area contributed by atoms with E-state index in [-0.39, 0.29) is 18.0 Å². The van der Waals surface area contributed by atoms with Crippen molar-refractivity contribution in [3.8, 4) is 0 Å². The van der Waals surface area contributed by atoms with Crippen LogP contribution in [-0.4, -0.2) is 35.1 Å². The Labute approximate surface area is 136 Å². The molecule has 2 amide bonds. The number of aliphatic carboxylic acids is 1. The summed E-state index contributed by atoms with van der Waals surface area (Å²) in [5.41, 5.74) is 0.363. The van der Waals surface area contributed by atoms with Crippen LogP contribution in [0.4, 0.5) is 4.79 Å². The highest BCUT2D eigenvalue weighted by Gasteiger charge is 2.55. The molecule has 2 aliphatic rings. The third-order valence-electron chi connectivity index (χ3n) is 5.49. The second kappa shape index (κ2) is 6.22. The van der Waals surface area contributed by atoms with Gasteiger partial charge in [-0.3, -0.25) is 4.79 Å². The van der Waals surface area contributed by atoms with E-state index >= 15 is 0 Å². The number of carboxylic acid groups (broad SMARTS) is 1. The first-order valence-corrected chi connectivity index (χ1v) is 8.40. The van der Waals surface area contributed by atoms with Gasteiger partial charge in [0.2, 0.25) is 0 Å². The van der Waals surface area contributed by atoms with E-state index in [1.54, 1.807) is 4.90 Å². The molecular formula is C18H24N2O3. The van der Waals surface area contributed by atoms with Crippen molar-refractivity contribution >= 4 is 12.0 Å². The number of amides is 2. The first kappa shape index (κ1) is 15.8. The van der Waals surface area contributed by atoms with Crippen molar-refractivity contribution in [1.29, 1.82) is 0 Å². The van der Waals surface area contributed by atoms with Gasteiger partial charge in [-0.05, 0) is 30.7 Å². The van der Waals surface area contributed by atoms with Crippen molar-refractivity contribution in [3.05, 3.63) is 35.9 Å². The highest BCUT2D eigenvalue weighted by atomic mass is 16.4. The van der Waals surface area contributed by atoms with Gasteiger partial charge in [-0.25, -0.2) is 4.79 Å². The van der Waals surface area contributed by atoms with Crippen molar-refractivity contribution in [2.24, 2.45) is 11.3 Å². The molecule has 1 saturated carbocycles. The number of carboxylic acids is 1. The van der Waals surface area contributed by atoms with Crippen LogP contribution in [0.5, 0.6) is 0 Å². The molecule has 1 aliphatic heterocycles. The average molecular weight is 316 g/mol. The van der Waals surface area contributed by atoms with Crippen molar-refractivity contribution in [2.75, 3.05) is 13.1 Å². The first-order chi connectivity index (χ1) is 11.1. The monoisotopic (exact) mass is 316 g/mol. The zero-order valence-corrected chi connectivity index (χ0v) is 13.5. The standard InChI is InChI=1S/C18H24N2O3/c1-2-15(13-7-4-3-5-8-13)19-17(23)20-11-14-9-6-10-18(14,12-20)16(21)22/h3-5,7-8,14-15H,2,6,9-12H2,1H3,(H,19,23)(H,21,22)/t14-,15?,18+/m0/s1. The number of nitrogens with zero attached hydrogens (tertiary/aromatic N) is 1. The van der Waals surface area contributed by atoms with Crippen LogP contribution in [0.15, 0.2) is 30.3 Å². The van der Waals surface area contributed by atoms with Crippen LogP contribution >= 0.6 is 0 Å². The minimum Gasteiger partial charge on any atom is -0.481 e. The Bertz CT molecular complexity index is 589. The Hall–Kier alpha value is -2.04. The number of hydrogen-bond acceptors (Lipinski definition) is 2. The molecule has 0 aromatic heterocycles. The van der Waals surface area contributed by atoms with Gasteiger partial charge < -0.3 is 15.3 Å². The molecule has 2 fully saturated rings. The predicted molar refractivity (Wildman–Crippen MR) is 87.0 cm³/mol. The summed E-state index contributed by atoms with van der Waals surface area (Å²) in [6.45, 7) is 2.93. The van der Waals surface area contributed by atoms with Crippen molar-refractivity contribution in [3.63, 3.8) is 0 Å². The van der Waals surface area contributed by atoms with Gasteiger partial charge in [0.05, 0.1) is 11.5 Å². The minimum absolute atomic E-state index is 0.0371. The van der Waals surface area contributed by atoms with Gasteiger partial charge >= 0.3 is 12.0 Å². The highest BCUT2D eigenvalue weighted by Crippen LogP contribution is 2.48. The van der Waals surface area contributed by atoms with Gasteiger partial charge in [-0.15, -0.1) is 0 Å². The number of nitrogens with one attached hydrogen (secondary N) is 1. The van der Waals surface area contributed by atoms with Gasteiger partial charge in [-0.1, -0.05) is 43.7 Å². The first-order valence-electron chi connectivity index (χ1n) is 8.40. The molecule has 1 unspecified atom stereocenters. The molecule has 0 bridgehead atoms. The Balaban J connectivity index is 1.69. The van der Waals surface area contributed by atoms with Crippen molar-refractivity contribution < 1.29 is 14.7 Å². The lowest BCUT2D eigenvalue weighted by atomic mass is 9.81. The van der Waals surface area contributed by atoms with E-state index in [9.17, 15) is 14.7 Å². The van der Waals surface area contributed by atoms with Crippen LogP contribution in [-0.2, 0) is 4.79 Å². The Morgan fingerprint density at radius 2 is 2.13 bits per heavy atom. The molecule has 124 valence electrons. The summed E-state index contributed by atoms with van der Waals surface area (Å²) in [5, 5.41) is 12.7. The lowest BCUT2D eigenvalue weighted by Crippen LogP contribution is -2.42. The summed E-state index contributed by atoms with van der Waals surface area (Å²) in [5.74, 6) is -0.645. The molecule has 2 N–H and O–H groups in total. The lowest BCUT2D eigenvalue weighted by Gasteiger charge is -2.25. The molecule has 1 saturated heterocycles. The summed E-state index contributed by atoms with van der Waals surface area (Å²) in [6, 6.07) is 9.71. The fraction of sp³-hybridized carbons (Fsp3) is 0.556. The highest BCUT2D eigenvalue weighted by molar-refractivity contribution is 5.80. The number of likely N-dealkylation sites (tertiary alicyclic amines) is 1. The number of carbonyl (C=O) groups is 2. The maximum Gasteiger partial charge on any atom is 0.317 e. The average Bonchev–Trinajstić information content (AvgIpc) is 3.11. The molecule has 23 heavy (non-hydrogen) atoms. The maximum atomic E-state index is 12.6. The fourth-order valence-electron chi connectivity index (χ4n) is 4.14. The Morgan fingerprint density at radius 3 is 2.74 bits per heavy atom. The van der Waals surface area contributed by atoms with E-state index in [4.69, 9.17) is 0 Å². The SMILES string of the molecule is CCC(NC(=O)N1C[C@@H]2CCC[C@@]2(C(=O)O)C1)c1ccccc1. The summed E-state index contributed by atoms with van der Waals surface area (Å²) < 4.78 is 0. The topological polar surface area (TPSA) is 69.6 Å². The normalized spacial score (nSPS) is 27.5. The molecule has 1 aliphatic carbocycles. The van der Waals surface area contributed by atoms with Crippen LogP contribution < -0.4 is 5.32 Å². The lowest BCUT2D eigenvalue weighted by molar-refractivity contribution is -0.149. The van der Waals surface area contributed by atoms with Gasteiger partial charge in [0, 0.05) is 13.1 Å². The number of benzene rings is 1. The molecule has 1 aromatic carbocycles. The molecule has 3 atom stereocenters. The smallest absolute Gasteiger partial charge is 0.317 e. The van der Waals surface area contributed by atoms with Gasteiger partial charge in [0.15, 0.2) is 0 Å². The van der Waals surface area contributed by atoms with Crippen LogP contribution in [0.25, 0.3) is 0 Å². The Morgan fingerprint density at radius 1 is 1.39 bits per heavy atom. The third kappa shape index (κ3) is 2.80. The summed E-state index contributed by atoms with van der Waals surface area (Å²) in [7, 11) is 0. The summed E-state index contributed by atoms with van der Waals surface area (Å²) in [6.07, 6.45) is 3.35. The van der Waals surface area contributed by atoms with Gasteiger partial charge in [-0.2, -0.15) is 0 Å². The number of urea groups is 1. The summed E-state index contributed by atoms with van der Waals surface area (Å²) >= 11 is 0. The molecule has 1 aromatic rings. The zero-order chi connectivity index (χ0) is 16.4. The molecule has 1 heterocycles. The van der Waals surface area contributed by atoms with Crippen LogP contribution in [0.3, 0.4) is 0 Å². The molecule has 5 nitrogen and oxygen atoms in total.